The minimum Gasteiger partial charge on any atom is -0.480 e. The van der Waals surface area contributed by atoms with Crippen molar-refractivity contribution in [2.45, 2.75) is 30.8 Å². The molecule has 180 valence electrons. The molecule has 0 saturated heterocycles. The van der Waals surface area contributed by atoms with Crippen LogP contribution in [0.1, 0.15) is 29.9 Å². The minimum atomic E-state index is -1.36. The van der Waals surface area contributed by atoms with Crippen molar-refractivity contribution in [1.29, 1.82) is 0 Å². The van der Waals surface area contributed by atoms with E-state index in [1.807, 2.05) is 48.5 Å². The molecule has 4 N–H and O–H groups in total. The predicted molar refractivity (Wildman–Crippen MR) is 127 cm³/mol. The summed E-state index contributed by atoms with van der Waals surface area (Å²) in [5, 5.41) is 23.2. The highest BCUT2D eigenvalue weighted by Gasteiger charge is 2.30. The van der Waals surface area contributed by atoms with Gasteiger partial charge in [0.15, 0.2) is 0 Å². The molecule has 0 bridgehead atoms. The zero-order chi connectivity index (χ0) is 24.7. The van der Waals surface area contributed by atoms with Crippen LogP contribution in [0, 0.1) is 0 Å². The first-order valence-electron chi connectivity index (χ1n) is 10.7. The molecule has 2 aromatic rings. The number of carbonyl (C=O) groups is 4. The molecule has 3 rings (SSSR count). The van der Waals surface area contributed by atoms with Crippen LogP contribution >= 0.6 is 11.8 Å². The van der Waals surface area contributed by atoms with E-state index in [-0.39, 0.29) is 31.1 Å². The van der Waals surface area contributed by atoms with Crippen molar-refractivity contribution in [3.8, 4) is 11.1 Å². The number of rotatable bonds is 11. The average Bonchev–Trinajstić information content (AvgIpc) is 3.13. The smallest absolute Gasteiger partial charge is 0.407 e. The maximum atomic E-state index is 12.4. The van der Waals surface area contributed by atoms with Crippen LogP contribution in [0.5, 0.6) is 0 Å². The molecule has 2 aromatic carbocycles. The van der Waals surface area contributed by atoms with Gasteiger partial charge in [-0.2, -0.15) is 11.8 Å². The summed E-state index contributed by atoms with van der Waals surface area (Å²) in [6.45, 7) is 0.0294. The van der Waals surface area contributed by atoms with Crippen molar-refractivity contribution in [1.82, 2.24) is 10.6 Å². The van der Waals surface area contributed by atoms with Gasteiger partial charge < -0.3 is 25.6 Å². The molecular weight excluding hydrogens is 460 g/mol. The Morgan fingerprint density at radius 2 is 1.47 bits per heavy atom. The van der Waals surface area contributed by atoms with E-state index in [4.69, 9.17) is 9.84 Å². The molecule has 1 aliphatic carbocycles. The summed E-state index contributed by atoms with van der Waals surface area (Å²) < 4.78 is 5.36. The van der Waals surface area contributed by atoms with E-state index >= 15 is 0 Å². The van der Waals surface area contributed by atoms with Gasteiger partial charge in [0.25, 0.3) is 0 Å². The van der Waals surface area contributed by atoms with Gasteiger partial charge in [0.2, 0.25) is 5.91 Å². The first-order valence-corrected chi connectivity index (χ1v) is 12.1. The second-order valence-electron chi connectivity index (χ2n) is 7.81. The third-order valence-electron chi connectivity index (χ3n) is 5.56. The first-order chi connectivity index (χ1) is 16.3. The number of carboxylic acids is 2. The van der Waals surface area contributed by atoms with E-state index in [0.29, 0.717) is 0 Å². The summed E-state index contributed by atoms with van der Waals surface area (Å²) in [4.78, 5) is 47.1. The second kappa shape index (κ2) is 11.6. The quantitative estimate of drug-likeness (QED) is 0.380. The molecular formula is C24H26N2O7S. The van der Waals surface area contributed by atoms with E-state index in [9.17, 15) is 24.3 Å². The number of alkyl carbamates (subject to hydrolysis) is 1. The van der Waals surface area contributed by atoms with Crippen LogP contribution in [0.2, 0.25) is 0 Å². The molecule has 2 unspecified atom stereocenters. The van der Waals surface area contributed by atoms with Gasteiger partial charge in [-0.15, -0.1) is 0 Å². The average molecular weight is 487 g/mol. The standard InChI is InChI=1S/C24H26N2O7S/c1-34-13-20(23(30)31)25-21(27)11-10-19(22(28)29)26-24(32)33-12-18-16-8-4-2-6-14(16)15-7-3-5-9-17(15)18/h2-9,18-20H,10-13H2,1H3,(H,25,27)(H,26,32)(H,28,29)(H,30,31). The SMILES string of the molecule is CSCC(NC(=O)CCC(NC(=O)OCC1c2ccccc2-c2ccccc21)C(=O)O)C(=O)O. The van der Waals surface area contributed by atoms with E-state index < -0.39 is 36.0 Å². The summed E-state index contributed by atoms with van der Waals surface area (Å²) in [5.74, 6) is -3.09. The lowest BCUT2D eigenvalue weighted by atomic mass is 9.98. The van der Waals surface area contributed by atoms with Crippen molar-refractivity contribution in [3.63, 3.8) is 0 Å². The number of fused-ring (bicyclic) bond motifs is 3. The molecule has 0 radical (unpaired) electrons. The van der Waals surface area contributed by atoms with Gasteiger partial charge in [-0.1, -0.05) is 48.5 Å². The zero-order valence-electron chi connectivity index (χ0n) is 18.5. The number of nitrogens with one attached hydrogen (secondary N) is 2. The van der Waals surface area contributed by atoms with E-state index in [1.165, 1.54) is 11.8 Å². The second-order valence-corrected chi connectivity index (χ2v) is 8.72. The lowest BCUT2D eigenvalue weighted by molar-refractivity contribution is -0.142. The molecule has 2 atom stereocenters. The highest BCUT2D eigenvalue weighted by atomic mass is 32.2. The van der Waals surface area contributed by atoms with Crippen LogP contribution in [-0.4, -0.2) is 64.9 Å². The van der Waals surface area contributed by atoms with Crippen molar-refractivity contribution in [3.05, 3.63) is 59.7 Å². The minimum absolute atomic E-state index is 0.0294. The molecule has 1 aliphatic rings. The van der Waals surface area contributed by atoms with E-state index in [2.05, 4.69) is 10.6 Å². The number of carbonyl (C=O) groups excluding carboxylic acids is 2. The Balaban J connectivity index is 1.55. The Hall–Kier alpha value is -3.53. The first kappa shape index (κ1) is 25.1. The van der Waals surface area contributed by atoms with Crippen LogP contribution in [0.15, 0.2) is 48.5 Å². The van der Waals surface area contributed by atoms with Gasteiger partial charge >= 0.3 is 18.0 Å². The molecule has 0 spiro atoms. The normalized spacial score (nSPS) is 13.8. The molecule has 0 fully saturated rings. The highest BCUT2D eigenvalue weighted by Crippen LogP contribution is 2.44. The Morgan fingerprint density at radius 3 is 2.00 bits per heavy atom. The fraction of sp³-hybridized carbons (Fsp3) is 0.333. The molecule has 0 aromatic heterocycles. The number of benzene rings is 2. The molecule has 9 nitrogen and oxygen atoms in total. The van der Waals surface area contributed by atoms with Gasteiger partial charge in [0.1, 0.15) is 18.7 Å². The van der Waals surface area contributed by atoms with Crippen molar-refractivity contribution >= 4 is 35.7 Å². The van der Waals surface area contributed by atoms with Gasteiger partial charge in [-0.3, -0.25) is 4.79 Å². The van der Waals surface area contributed by atoms with Crippen LogP contribution in [0.3, 0.4) is 0 Å². The fourth-order valence-corrected chi connectivity index (χ4v) is 4.48. The molecule has 10 heteroatoms. The van der Waals surface area contributed by atoms with Gasteiger partial charge in [0.05, 0.1) is 0 Å². The number of thioether (sulfide) groups is 1. The number of amides is 2. The monoisotopic (exact) mass is 486 g/mol. The fourth-order valence-electron chi connectivity index (χ4n) is 3.92. The predicted octanol–water partition coefficient (Wildman–Crippen LogP) is 2.69. The topological polar surface area (TPSA) is 142 Å². The van der Waals surface area contributed by atoms with Crippen LogP contribution in [-0.2, 0) is 19.1 Å². The summed E-state index contributed by atoms with van der Waals surface area (Å²) >= 11 is 1.26. The third kappa shape index (κ3) is 6.07. The van der Waals surface area contributed by atoms with E-state index in [0.717, 1.165) is 22.3 Å². The van der Waals surface area contributed by atoms with Gasteiger partial charge in [-0.05, 0) is 34.9 Å². The Morgan fingerprint density at radius 1 is 0.912 bits per heavy atom. The number of hydrogen-bond donors (Lipinski definition) is 4. The van der Waals surface area contributed by atoms with Crippen molar-refractivity contribution < 1.29 is 34.1 Å². The summed E-state index contributed by atoms with van der Waals surface area (Å²) in [6.07, 6.45) is 0.330. The largest absolute Gasteiger partial charge is 0.480 e. The molecule has 2 amide bonds. The number of carboxylic acid groups (broad SMARTS) is 2. The van der Waals surface area contributed by atoms with Crippen molar-refractivity contribution in [2.75, 3.05) is 18.6 Å². The van der Waals surface area contributed by atoms with Crippen LogP contribution < -0.4 is 10.6 Å². The molecule has 0 heterocycles. The summed E-state index contributed by atoms with van der Waals surface area (Å²) in [7, 11) is 0. The van der Waals surface area contributed by atoms with Crippen LogP contribution in [0.25, 0.3) is 11.1 Å². The lowest BCUT2D eigenvalue weighted by Gasteiger charge is -2.18. The van der Waals surface area contributed by atoms with E-state index in [1.54, 1.807) is 6.26 Å². The summed E-state index contributed by atoms with van der Waals surface area (Å²) in [5.41, 5.74) is 4.20. The highest BCUT2D eigenvalue weighted by molar-refractivity contribution is 7.98. The van der Waals surface area contributed by atoms with Gasteiger partial charge in [0, 0.05) is 18.1 Å². The Labute approximate surface area is 200 Å². The Bertz CT molecular complexity index is 1030. The number of hydrogen-bond acceptors (Lipinski definition) is 6. The lowest BCUT2D eigenvalue weighted by Crippen LogP contribution is -2.45. The molecule has 0 saturated carbocycles. The third-order valence-corrected chi connectivity index (χ3v) is 6.23. The molecule has 34 heavy (non-hydrogen) atoms. The maximum Gasteiger partial charge on any atom is 0.407 e. The van der Waals surface area contributed by atoms with Gasteiger partial charge in [-0.25, -0.2) is 14.4 Å². The number of aliphatic carboxylic acids is 2. The van der Waals surface area contributed by atoms with Crippen LogP contribution in [0.4, 0.5) is 4.79 Å². The maximum absolute atomic E-state index is 12.4. The number of ether oxygens (including phenoxy) is 1. The molecule has 0 aliphatic heterocycles. The Kier molecular flexibility index (Phi) is 8.53. The van der Waals surface area contributed by atoms with Crippen molar-refractivity contribution in [2.24, 2.45) is 0 Å². The summed E-state index contributed by atoms with van der Waals surface area (Å²) in [6, 6.07) is 13.3. The zero-order valence-corrected chi connectivity index (χ0v) is 19.3.